The first kappa shape index (κ1) is 87.8. The van der Waals surface area contributed by atoms with Crippen LogP contribution >= 0.6 is 0 Å². The topological polar surface area (TPSA) is 24.5 Å². The van der Waals surface area contributed by atoms with Gasteiger partial charge in [0.05, 0.1) is 33.1 Å². The number of para-hydroxylation sites is 6. The van der Waals surface area contributed by atoms with Crippen LogP contribution < -0.4 is 14.7 Å². The minimum absolute atomic E-state index is 1.09. The lowest BCUT2D eigenvalue weighted by atomic mass is 9.93. The Bertz CT molecular complexity index is 10300. The summed E-state index contributed by atoms with van der Waals surface area (Å²) in [5, 5.41) is 30.8. The number of nitrogens with zero attached hydrogens (tertiary/aromatic N) is 6. The SMILES string of the molecule is c1ccc(-c2ccc(N(c3ccc(-c4ccccc4)cc3)c3ccc(-n4c5ccccc5c5c6c7ccccc7ccc6c6ccccc6c54)cc3)cc2)cc1.c1ccc(-c2ccc(N(c3ccccc3)c3ccc(-n4c5ccccc5c5c6c7ccccc7ccc6c6ccccc6c54)cc3)cc2)cc1.c1ccc(N(c2ccccc2)c2ccc(-n3c4ccccc4c4c5c6ccccc6ccc5c5ccccc5c43)cc2)cc1. The van der Waals surface area contributed by atoms with Gasteiger partial charge in [0, 0.05) is 133 Å². The van der Waals surface area contributed by atoms with Crippen LogP contribution in [0.25, 0.3) is 213 Å². The van der Waals surface area contributed by atoms with Gasteiger partial charge < -0.3 is 28.4 Å². The van der Waals surface area contributed by atoms with E-state index in [4.69, 9.17) is 0 Å². The Labute approximate surface area is 868 Å². The largest absolute Gasteiger partial charge is 0.311 e. The molecule has 0 atom stereocenters. The number of hydrogen-bond donors (Lipinski definition) is 0. The molecule has 150 heavy (non-hydrogen) atoms. The lowest BCUT2D eigenvalue weighted by Crippen LogP contribution is -2.10. The average molecular weight is 1910 g/mol. The zero-order chi connectivity index (χ0) is 99.1. The fourth-order valence-electron chi connectivity index (χ4n) is 23.7. The summed E-state index contributed by atoms with van der Waals surface area (Å²) in [5.41, 5.74) is 28.0. The number of hydrogen-bond acceptors (Lipinski definition) is 3. The number of rotatable bonds is 15. The predicted octanol–water partition coefficient (Wildman–Crippen LogP) is 40.1. The molecule has 30 rings (SSSR count). The van der Waals surface area contributed by atoms with Crippen LogP contribution in [0.15, 0.2) is 582 Å². The molecule has 3 heterocycles. The van der Waals surface area contributed by atoms with Gasteiger partial charge in [0.2, 0.25) is 0 Å². The van der Waals surface area contributed by atoms with Gasteiger partial charge in [-0.2, -0.15) is 0 Å². The molecule has 0 unspecified atom stereocenters. The number of fused-ring (bicyclic) bond motifs is 30. The summed E-state index contributed by atoms with van der Waals surface area (Å²) < 4.78 is 7.42. The van der Waals surface area contributed by atoms with Gasteiger partial charge in [-0.1, -0.05) is 419 Å². The molecule has 0 aliphatic carbocycles. The first-order valence-electron chi connectivity index (χ1n) is 51.6. The second-order valence-corrected chi connectivity index (χ2v) is 38.8. The zero-order valence-corrected chi connectivity index (χ0v) is 82.1. The molecule has 0 bridgehead atoms. The van der Waals surface area contributed by atoms with Crippen molar-refractivity contribution in [2.24, 2.45) is 0 Å². The van der Waals surface area contributed by atoms with E-state index in [9.17, 15) is 0 Å². The quantitative estimate of drug-likeness (QED) is 0.0956. The Morgan fingerprint density at radius 3 is 0.533 bits per heavy atom. The van der Waals surface area contributed by atoms with Crippen molar-refractivity contribution in [2.45, 2.75) is 0 Å². The molecular weight excluding hydrogens is 1810 g/mol. The number of aromatic nitrogens is 3. The highest BCUT2D eigenvalue weighted by molar-refractivity contribution is 6.40. The summed E-state index contributed by atoms with van der Waals surface area (Å²) in [4.78, 5) is 7.00. The minimum atomic E-state index is 1.09. The first-order valence-corrected chi connectivity index (χ1v) is 51.6. The first-order chi connectivity index (χ1) is 74.5. The Morgan fingerprint density at radius 2 is 0.287 bits per heavy atom. The Balaban J connectivity index is 0.000000109. The van der Waals surface area contributed by atoms with Crippen LogP contribution in [0.5, 0.6) is 0 Å². The van der Waals surface area contributed by atoms with Gasteiger partial charge >= 0.3 is 0 Å². The van der Waals surface area contributed by atoms with Gasteiger partial charge in [0.25, 0.3) is 0 Å². The molecule has 6 heteroatoms. The van der Waals surface area contributed by atoms with Crippen molar-refractivity contribution in [3.63, 3.8) is 0 Å². The van der Waals surface area contributed by atoms with Crippen LogP contribution in [0.4, 0.5) is 51.2 Å². The third-order valence-corrected chi connectivity index (χ3v) is 30.4. The Kier molecular flexibility index (Phi) is 21.9. The van der Waals surface area contributed by atoms with E-state index in [0.29, 0.717) is 0 Å². The standard InChI is InChI=1S/C54H36N2.C48H32N2.C42H28N2/c1-3-13-37(14-4-1)39-23-28-42(29-24-39)55(43-30-25-40(26-31-43)38-15-5-2-6-16-38)44-32-34-45(35-33-44)56-51-22-12-11-21-50(51)53-52-46-18-8-7-17-41(46)27-36-48(52)47-19-9-10-20-49(47)54(53)56;1-3-13-33(14-4-1)34-23-26-37(27-24-34)49(36-16-5-2-6-17-36)38-28-30-39(31-29-38)50-45-22-12-11-21-44(45)47-46-40-18-8-7-15-35(40)25-32-42(46)41-19-9-10-20-43(41)48(47)50;1-3-14-30(15-4-1)43(31-16-5-2-6-17-31)32-24-26-33(27-25-32)44-39-22-12-11-21-38(39)41-40-34-18-8-7-13-29(34)23-28-36(40)35-19-9-10-20-37(35)42(41)44/h1-36H;1-32H;1-28H. The normalized spacial score (nSPS) is 11.6. The lowest BCUT2D eigenvalue weighted by Gasteiger charge is -2.26. The summed E-state index contributed by atoms with van der Waals surface area (Å²) in [5.74, 6) is 0. The molecule has 6 nitrogen and oxygen atoms in total. The molecule has 0 N–H and O–H groups in total. The summed E-state index contributed by atoms with van der Waals surface area (Å²) in [7, 11) is 0. The molecule has 0 aliphatic rings. The highest BCUT2D eigenvalue weighted by Gasteiger charge is 2.28. The minimum Gasteiger partial charge on any atom is -0.311 e. The van der Waals surface area contributed by atoms with Gasteiger partial charge in [-0.05, 0) is 262 Å². The summed E-state index contributed by atoms with van der Waals surface area (Å²) in [6.45, 7) is 0. The Hall–Kier alpha value is -19.9. The number of benzene rings is 27. The monoisotopic (exact) mass is 1910 g/mol. The maximum absolute atomic E-state index is 2.48. The van der Waals surface area contributed by atoms with E-state index in [1.807, 2.05) is 0 Å². The fourth-order valence-corrected chi connectivity index (χ4v) is 23.7. The Morgan fingerprint density at radius 1 is 0.107 bits per heavy atom. The van der Waals surface area contributed by atoms with E-state index in [0.717, 1.165) is 68.2 Å². The van der Waals surface area contributed by atoms with Crippen LogP contribution in [0.2, 0.25) is 0 Å². The molecule has 0 fully saturated rings. The van der Waals surface area contributed by atoms with Crippen LogP contribution in [-0.4, -0.2) is 13.7 Å². The van der Waals surface area contributed by atoms with Crippen molar-refractivity contribution in [2.75, 3.05) is 14.7 Å². The third-order valence-electron chi connectivity index (χ3n) is 30.4. The third kappa shape index (κ3) is 15.1. The van der Waals surface area contributed by atoms with Gasteiger partial charge in [0.15, 0.2) is 0 Å². The van der Waals surface area contributed by atoms with E-state index in [2.05, 4.69) is 611 Å². The molecule has 3 aromatic heterocycles. The van der Waals surface area contributed by atoms with Gasteiger partial charge in [-0.3, -0.25) is 0 Å². The van der Waals surface area contributed by atoms with Crippen LogP contribution in [0.3, 0.4) is 0 Å². The highest BCUT2D eigenvalue weighted by atomic mass is 15.2. The molecule has 30 aromatic rings. The maximum atomic E-state index is 2.48. The van der Waals surface area contributed by atoms with Gasteiger partial charge in [0.1, 0.15) is 0 Å². The van der Waals surface area contributed by atoms with E-state index >= 15 is 0 Å². The van der Waals surface area contributed by atoms with E-state index in [-0.39, 0.29) is 0 Å². The molecular formula is C144H96N6. The van der Waals surface area contributed by atoms with Crippen molar-refractivity contribution >= 4 is 214 Å². The fraction of sp³-hybridized carbons (Fsp3) is 0. The van der Waals surface area contributed by atoms with Crippen LogP contribution in [0, 0.1) is 0 Å². The van der Waals surface area contributed by atoms with Crippen molar-refractivity contribution in [3.8, 4) is 50.4 Å². The van der Waals surface area contributed by atoms with Crippen molar-refractivity contribution < 1.29 is 0 Å². The van der Waals surface area contributed by atoms with E-state index in [1.165, 1.54) is 196 Å². The van der Waals surface area contributed by atoms with E-state index in [1.54, 1.807) is 0 Å². The van der Waals surface area contributed by atoms with Crippen molar-refractivity contribution in [3.05, 3.63) is 582 Å². The second-order valence-electron chi connectivity index (χ2n) is 38.8. The summed E-state index contributed by atoms with van der Waals surface area (Å²) in [6, 6.07) is 211. The lowest BCUT2D eigenvalue weighted by molar-refractivity contribution is 1.18. The molecule has 0 saturated carbocycles. The van der Waals surface area contributed by atoms with Gasteiger partial charge in [-0.25, -0.2) is 0 Å². The van der Waals surface area contributed by atoms with Crippen molar-refractivity contribution in [1.29, 1.82) is 0 Å². The summed E-state index contributed by atoms with van der Waals surface area (Å²) >= 11 is 0. The summed E-state index contributed by atoms with van der Waals surface area (Å²) in [6.07, 6.45) is 0. The average Bonchev–Trinajstić information content (AvgIpc) is 1.54. The van der Waals surface area contributed by atoms with Crippen molar-refractivity contribution in [1.82, 2.24) is 13.7 Å². The molecule has 0 spiro atoms. The zero-order valence-electron chi connectivity index (χ0n) is 82.1. The van der Waals surface area contributed by atoms with Crippen LogP contribution in [0.1, 0.15) is 0 Å². The molecule has 0 aliphatic heterocycles. The molecule has 0 saturated heterocycles. The van der Waals surface area contributed by atoms with E-state index < -0.39 is 0 Å². The smallest absolute Gasteiger partial charge is 0.0626 e. The predicted molar refractivity (Wildman–Crippen MR) is 640 cm³/mol. The second kappa shape index (κ2) is 37.4. The molecule has 0 amide bonds. The number of anilines is 9. The van der Waals surface area contributed by atoms with Gasteiger partial charge in [-0.15, -0.1) is 0 Å². The van der Waals surface area contributed by atoms with Crippen LogP contribution in [-0.2, 0) is 0 Å². The molecule has 27 aromatic carbocycles. The molecule has 702 valence electrons. The maximum Gasteiger partial charge on any atom is 0.0626 e. The molecule has 0 radical (unpaired) electrons. The highest BCUT2D eigenvalue weighted by Crippen LogP contribution is 2.52.